The maximum absolute atomic E-state index is 12.5. The second-order valence-electron chi connectivity index (χ2n) is 2.19. The molecule has 1 aliphatic rings. The first-order valence-corrected chi connectivity index (χ1v) is 4.85. The highest BCUT2D eigenvalue weighted by molar-refractivity contribution is 9.24. The van der Waals surface area contributed by atoms with Gasteiger partial charge in [0.25, 0.3) is 0 Å². The minimum atomic E-state index is -0.139. The fraction of sp³-hybridized carbons (Fsp3) is 0.429. The van der Waals surface area contributed by atoms with Crippen molar-refractivity contribution in [3.8, 4) is 0 Å². The zero-order valence-corrected chi connectivity index (χ0v) is 8.40. The molecule has 3 heteroatoms. The number of alkyl halides is 2. The van der Waals surface area contributed by atoms with Gasteiger partial charge >= 0.3 is 0 Å². The third-order valence-electron chi connectivity index (χ3n) is 1.38. The van der Waals surface area contributed by atoms with Gasteiger partial charge in [-0.3, -0.25) is 0 Å². The van der Waals surface area contributed by atoms with Gasteiger partial charge in [0.1, 0.15) is 5.83 Å². The zero-order chi connectivity index (χ0) is 7.56. The molecule has 1 unspecified atom stereocenters. The Morgan fingerprint density at radius 3 is 2.70 bits per heavy atom. The number of halogens is 3. The predicted octanol–water partition coefficient (Wildman–Crippen LogP) is 3.53. The minimum Gasteiger partial charge on any atom is -0.207 e. The van der Waals surface area contributed by atoms with Crippen LogP contribution in [0, 0.1) is 5.92 Å². The maximum atomic E-state index is 12.5. The quantitative estimate of drug-likeness (QED) is 0.639. The monoisotopic (exact) mass is 268 g/mol. The molecule has 0 bridgehead atoms. The largest absolute Gasteiger partial charge is 0.207 e. The molecule has 0 spiro atoms. The van der Waals surface area contributed by atoms with Gasteiger partial charge in [0, 0.05) is 5.92 Å². The van der Waals surface area contributed by atoms with Gasteiger partial charge in [0.2, 0.25) is 0 Å². The van der Waals surface area contributed by atoms with E-state index < -0.39 is 0 Å². The lowest BCUT2D eigenvalue weighted by Gasteiger charge is -2.14. The fourth-order valence-electron chi connectivity index (χ4n) is 0.841. The molecule has 0 nitrogen and oxygen atoms in total. The first kappa shape index (κ1) is 8.47. The molecule has 0 aromatic rings. The molecule has 0 amide bonds. The van der Waals surface area contributed by atoms with Crippen LogP contribution < -0.4 is 0 Å². The van der Waals surface area contributed by atoms with Crippen molar-refractivity contribution in [2.45, 2.75) is 10.2 Å². The summed E-state index contributed by atoms with van der Waals surface area (Å²) in [7, 11) is 0. The van der Waals surface area contributed by atoms with Crippen molar-refractivity contribution in [3.63, 3.8) is 0 Å². The Balaban J connectivity index is 2.60. The summed E-state index contributed by atoms with van der Waals surface area (Å²) in [6.07, 6.45) is 5.86. The molecule has 0 saturated heterocycles. The molecule has 0 aromatic carbocycles. The Labute approximate surface area is 76.4 Å². The fourth-order valence-corrected chi connectivity index (χ4v) is 1.58. The Bertz CT molecular complexity index is 172. The standard InChI is InChI=1S/C7H7Br2F/c8-7(9)5-2-1-3-6(10)4-5/h1,3-5,7H,2H2. The third-order valence-corrected chi connectivity index (χ3v) is 2.74. The van der Waals surface area contributed by atoms with Gasteiger partial charge in [-0.15, -0.1) is 0 Å². The van der Waals surface area contributed by atoms with Crippen LogP contribution in [0.15, 0.2) is 24.1 Å². The van der Waals surface area contributed by atoms with E-state index in [2.05, 4.69) is 31.9 Å². The number of rotatable bonds is 1. The SMILES string of the molecule is FC1=CC(C(Br)Br)CC=C1. The van der Waals surface area contributed by atoms with E-state index in [1.807, 2.05) is 6.08 Å². The highest BCUT2D eigenvalue weighted by atomic mass is 79.9. The van der Waals surface area contributed by atoms with Gasteiger partial charge < -0.3 is 0 Å². The summed E-state index contributed by atoms with van der Waals surface area (Å²) in [5.41, 5.74) is 0. The molecule has 0 heterocycles. The van der Waals surface area contributed by atoms with Crippen LogP contribution in [0.5, 0.6) is 0 Å². The smallest absolute Gasteiger partial charge is 0.119 e. The normalized spacial score (nSPS) is 25.2. The topological polar surface area (TPSA) is 0 Å². The van der Waals surface area contributed by atoms with E-state index in [9.17, 15) is 4.39 Å². The number of allylic oxidation sites excluding steroid dienone is 4. The minimum absolute atomic E-state index is 0.139. The lowest BCUT2D eigenvalue weighted by molar-refractivity contribution is 0.616. The van der Waals surface area contributed by atoms with Crippen molar-refractivity contribution in [2.24, 2.45) is 5.92 Å². The van der Waals surface area contributed by atoms with Gasteiger partial charge in [-0.25, -0.2) is 4.39 Å². The average molecular weight is 270 g/mol. The molecular formula is C7H7Br2F. The first-order chi connectivity index (χ1) is 4.70. The van der Waals surface area contributed by atoms with E-state index in [4.69, 9.17) is 0 Å². The van der Waals surface area contributed by atoms with Crippen LogP contribution in [0.4, 0.5) is 4.39 Å². The van der Waals surface area contributed by atoms with E-state index in [1.54, 1.807) is 6.08 Å². The van der Waals surface area contributed by atoms with Crippen LogP contribution in [0.3, 0.4) is 0 Å². The second-order valence-corrected chi connectivity index (χ2v) is 5.39. The molecule has 56 valence electrons. The molecule has 0 fully saturated rings. The van der Waals surface area contributed by atoms with Crippen molar-refractivity contribution in [1.82, 2.24) is 0 Å². The molecule has 0 N–H and O–H groups in total. The summed E-state index contributed by atoms with van der Waals surface area (Å²) in [4.78, 5) is 0. The molecule has 0 aliphatic heterocycles. The average Bonchev–Trinajstić information content (AvgIpc) is 1.88. The number of hydrogen-bond acceptors (Lipinski definition) is 0. The predicted molar refractivity (Wildman–Crippen MR) is 48.1 cm³/mol. The summed E-state index contributed by atoms with van der Waals surface area (Å²) < 4.78 is 12.7. The lowest BCUT2D eigenvalue weighted by atomic mass is 10.0. The molecule has 10 heavy (non-hydrogen) atoms. The second kappa shape index (κ2) is 3.67. The molecule has 0 saturated carbocycles. The zero-order valence-electron chi connectivity index (χ0n) is 5.23. The van der Waals surface area contributed by atoms with Gasteiger partial charge in [0.15, 0.2) is 0 Å². The molecule has 0 radical (unpaired) electrons. The van der Waals surface area contributed by atoms with Crippen LogP contribution in [0.1, 0.15) is 6.42 Å². The summed E-state index contributed by atoms with van der Waals surface area (Å²) in [6, 6.07) is 0. The first-order valence-electron chi connectivity index (χ1n) is 3.02. The van der Waals surface area contributed by atoms with E-state index in [-0.39, 0.29) is 15.5 Å². The highest BCUT2D eigenvalue weighted by Crippen LogP contribution is 2.28. The van der Waals surface area contributed by atoms with E-state index in [0.29, 0.717) is 0 Å². The number of hydrogen-bond donors (Lipinski definition) is 0. The van der Waals surface area contributed by atoms with Crippen molar-refractivity contribution in [1.29, 1.82) is 0 Å². The maximum Gasteiger partial charge on any atom is 0.119 e. The van der Waals surface area contributed by atoms with Crippen LogP contribution in [-0.4, -0.2) is 3.74 Å². The molecular weight excluding hydrogens is 263 g/mol. The summed E-state index contributed by atoms with van der Waals surface area (Å²) in [5.74, 6) is 0.102. The van der Waals surface area contributed by atoms with Crippen LogP contribution in [0.25, 0.3) is 0 Å². The Morgan fingerprint density at radius 1 is 1.60 bits per heavy atom. The van der Waals surface area contributed by atoms with Crippen molar-refractivity contribution >= 4 is 31.9 Å². The third kappa shape index (κ3) is 2.20. The molecule has 0 aromatic heterocycles. The van der Waals surface area contributed by atoms with Gasteiger partial charge in [-0.05, 0) is 18.6 Å². The van der Waals surface area contributed by atoms with Crippen LogP contribution in [-0.2, 0) is 0 Å². The van der Waals surface area contributed by atoms with Crippen LogP contribution in [0.2, 0.25) is 0 Å². The van der Waals surface area contributed by atoms with Gasteiger partial charge in [-0.1, -0.05) is 37.9 Å². The Morgan fingerprint density at radius 2 is 2.30 bits per heavy atom. The van der Waals surface area contributed by atoms with E-state index >= 15 is 0 Å². The summed E-state index contributed by atoms with van der Waals surface area (Å²) in [6.45, 7) is 0. The highest BCUT2D eigenvalue weighted by Gasteiger charge is 2.15. The summed E-state index contributed by atoms with van der Waals surface area (Å²) >= 11 is 6.67. The Hall–Kier alpha value is 0.370. The molecule has 1 atom stereocenters. The Kier molecular flexibility index (Phi) is 3.11. The summed E-state index contributed by atoms with van der Waals surface area (Å²) in [5, 5.41) is 0. The molecule has 1 rings (SSSR count). The van der Waals surface area contributed by atoms with Crippen molar-refractivity contribution in [3.05, 3.63) is 24.1 Å². The molecule has 1 aliphatic carbocycles. The lowest BCUT2D eigenvalue weighted by Crippen LogP contribution is -2.06. The van der Waals surface area contributed by atoms with E-state index in [0.717, 1.165) is 6.42 Å². The van der Waals surface area contributed by atoms with Gasteiger partial charge in [0.05, 0.1) is 3.74 Å². The van der Waals surface area contributed by atoms with Crippen molar-refractivity contribution < 1.29 is 4.39 Å². The van der Waals surface area contributed by atoms with E-state index in [1.165, 1.54) is 6.08 Å². The van der Waals surface area contributed by atoms with Crippen molar-refractivity contribution in [2.75, 3.05) is 0 Å². The van der Waals surface area contributed by atoms with Gasteiger partial charge in [-0.2, -0.15) is 0 Å². The van der Waals surface area contributed by atoms with Crippen LogP contribution >= 0.6 is 31.9 Å².